The molecule has 0 bridgehead atoms. The number of benzene rings is 2. The predicted octanol–water partition coefficient (Wildman–Crippen LogP) is 3.70. The Bertz CT molecular complexity index is 503. The Morgan fingerprint density at radius 1 is 0.938 bits per heavy atom. The molecule has 0 aromatic heterocycles. The molecule has 0 radical (unpaired) electrons. The van der Waals surface area contributed by atoms with Gasteiger partial charge < -0.3 is 5.11 Å². The highest BCUT2D eigenvalue weighted by Gasteiger charge is 1.98. The zero-order valence-electron chi connectivity index (χ0n) is 8.60. The maximum Gasteiger partial charge on any atom is 0.124 e. The fraction of sp³-hybridized carbons (Fsp3) is 0. The van der Waals surface area contributed by atoms with Gasteiger partial charge in [-0.2, -0.15) is 0 Å². The molecule has 0 spiro atoms. The van der Waals surface area contributed by atoms with Gasteiger partial charge in [0.25, 0.3) is 0 Å². The second-order valence-corrected chi connectivity index (χ2v) is 3.45. The summed E-state index contributed by atoms with van der Waals surface area (Å²) in [7, 11) is 0. The van der Waals surface area contributed by atoms with Crippen LogP contribution in [-0.2, 0) is 0 Å². The van der Waals surface area contributed by atoms with Crippen LogP contribution in [0.1, 0.15) is 11.1 Å². The normalized spacial score (nSPS) is 10.8. The molecule has 0 unspecified atom stereocenters. The van der Waals surface area contributed by atoms with E-state index in [1.165, 1.54) is 18.2 Å². The quantitative estimate of drug-likeness (QED) is 0.756. The first-order chi connectivity index (χ1) is 7.75. The highest BCUT2D eigenvalue weighted by molar-refractivity contribution is 5.72. The highest BCUT2D eigenvalue weighted by Crippen LogP contribution is 2.20. The summed E-state index contributed by atoms with van der Waals surface area (Å²) in [5.74, 6) is -0.279. The van der Waals surface area contributed by atoms with E-state index in [1.54, 1.807) is 6.08 Å². The summed E-state index contributed by atoms with van der Waals surface area (Å²) in [6.07, 6.45) is 3.52. The summed E-state index contributed by atoms with van der Waals surface area (Å²) in [6, 6.07) is 13.5. The minimum Gasteiger partial charge on any atom is -0.507 e. The van der Waals surface area contributed by atoms with Crippen LogP contribution in [0.2, 0.25) is 0 Å². The molecule has 0 amide bonds. The van der Waals surface area contributed by atoms with Crippen molar-refractivity contribution in [1.29, 1.82) is 0 Å². The molecule has 1 N–H and O–H groups in total. The van der Waals surface area contributed by atoms with Crippen LogP contribution in [0.15, 0.2) is 48.5 Å². The lowest BCUT2D eigenvalue weighted by atomic mass is 10.1. The standard InChI is InChI=1S/C14H11FO/c15-13-8-9-14(16)12(10-13)7-6-11-4-2-1-3-5-11/h1-10,16H. The van der Waals surface area contributed by atoms with E-state index >= 15 is 0 Å². The van der Waals surface area contributed by atoms with E-state index < -0.39 is 0 Å². The molecule has 0 fully saturated rings. The fourth-order valence-electron chi connectivity index (χ4n) is 1.41. The third-order valence-electron chi connectivity index (χ3n) is 2.24. The van der Waals surface area contributed by atoms with Crippen molar-refractivity contribution in [2.75, 3.05) is 0 Å². The molecular formula is C14H11FO. The van der Waals surface area contributed by atoms with Gasteiger partial charge in [-0.15, -0.1) is 0 Å². The molecule has 0 saturated heterocycles. The van der Waals surface area contributed by atoms with Crippen molar-refractivity contribution in [3.63, 3.8) is 0 Å². The van der Waals surface area contributed by atoms with Gasteiger partial charge in [0, 0.05) is 5.56 Å². The zero-order chi connectivity index (χ0) is 11.4. The second-order valence-electron chi connectivity index (χ2n) is 3.45. The van der Waals surface area contributed by atoms with Crippen molar-refractivity contribution in [2.45, 2.75) is 0 Å². The number of halogens is 1. The molecule has 2 aromatic carbocycles. The molecule has 2 heteroatoms. The van der Waals surface area contributed by atoms with Gasteiger partial charge in [0.15, 0.2) is 0 Å². The van der Waals surface area contributed by atoms with Gasteiger partial charge in [-0.05, 0) is 23.8 Å². The summed E-state index contributed by atoms with van der Waals surface area (Å²) < 4.78 is 12.9. The number of phenolic OH excluding ortho intramolecular Hbond substituents is 1. The first-order valence-electron chi connectivity index (χ1n) is 4.97. The Balaban J connectivity index is 2.27. The Morgan fingerprint density at radius 3 is 2.44 bits per heavy atom. The lowest BCUT2D eigenvalue weighted by molar-refractivity contribution is 0.472. The number of rotatable bonds is 2. The molecule has 0 aliphatic carbocycles. The monoisotopic (exact) mass is 214 g/mol. The average molecular weight is 214 g/mol. The van der Waals surface area contributed by atoms with Gasteiger partial charge in [0.05, 0.1) is 0 Å². The third-order valence-corrected chi connectivity index (χ3v) is 2.24. The largest absolute Gasteiger partial charge is 0.507 e. The molecule has 0 aliphatic heterocycles. The number of aromatic hydroxyl groups is 1. The van der Waals surface area contributed by atoms with E-state index in [-0.39, 0.29) is 11.6 Å². The van der Waals surface area contributed by atoms with Crippen molar-refractivity contribution >= 4 is 12.2 Å². The third kappa shape index (κ3) is 2.48. The van der Waals surface area contributed by atoms with Crippen LogP contribution in [0.25, 0.3) is 12.2 Å². The van der Waals surface area contributed by atoms with Crippen LogP contribution in [0.5, 0.6) is 5.75 Å². The van der Waals surface area contributed by atoms with Gasteiger partial charge in [0.2, 0.25) is 0 Å². The van der Waals surface area contributed by atoms with E-state index in [1.807, 2.05) is 36.4 Å². The molecule has 1 nitrogen and oxygen atoms in total. The second kappa shape index (κ2) is 4.62. The van der Waals surface area contributed by atoms with Gasteiger partial charge in [-0.1, -0.05) is 42.5 Å². The Kier molecular flexibility index (Phi) is 3.01. The molecule has 0 aliphatic rings. The van der Waals surface area contributed by atoms with E-state index in [9.17, 15) is 9.50 Å². The molecule has 16 heavy (non-hydrogen) atoms. The minimum absolute atomic E-state index is 0.0774. The van der Waals surface area contributed by atoms with Crippen molar-refractivity contribution in [2.24, 2.45) is 0 Å². The Morgan fingerprint density at radius 2 is 1.69 bits per heavy atom. The van der Waals surface area contributed by atoms with Crippen LogP contribution < -0.4 is 0 Å². The number of phenols is 1. The van der Waals surface area contributed by atoms with Crippen LogP contribution >= 0.6 is 0 Å². The zero-order valence-corrected chi connectivity index (χ0v) is 8.60. The van der Waals surface area contributed by atoms with E-state index in [4.69, 9.17) is 0 Å². The molecule has 0 heterocycles. The van der Waals surface area contributed by atoms with Gasteiger partial charge >= 0.3 is 0 Å². The SMILES string of the molecule is Oc1ccc(F)cc1C=Cc1ccccc1. The van der Waals surface area contributed by atoms with Crippen LogP contribution in [0, 0.1) is 5.82 Å². The van der Waals surface area contributed by atoms with E-state index in [2.05, 4.69) is 0 Å². The first kappa shape index (κ1) is 10.4. The minimum atomic E-state index is -0.356. The predicted molar refractivity (Wildman–Crippen MR) is 63.4 cm³/mol. The molecular weight excluding hydrogens is 203 g/mol. The lowest BCUT2D eigenvalue weighted by Crippen LogP contribution is -1.78. The van der Waals surface area contributed by atoms with Crippen LogP contribution in [-0.4, -0.2) is 5.11 Å². The molecule has 80 valence electrons. The maximum atomic E-state index is 12.9. The summed E-state index contributed by atoms with van der Waals surface area (Å²) in [5, 5.41) is 9.50. The smallest absolute Gasteiger partial charge is 0.124 e. The van der Waals surface area contributed by atoms with E-state index in [0.717, 1.165) is 5.56 Å². The van der Waals surface area contributed by atoms with Crippen LogP contribution in [0.3, 0.4) is 0 Å². The molecule has 0 saturated carbocycles. The summed E-state index contributed by atoms with van der Waals surface area (Å²) >= 11 is 0. The van der Waals surface area contributed by atoms with Crippen molar-refractivity contribution in [3.05, 3.63) is 65.5 Å². The first-order valence-corrected chi connectivity index (χ1v) is 4.97. The molecule has 2 rings (SSSR count). The van der Waals surface area contributed by atoms with Crippen molar-refractivity contribution in [1.82, 2.24) is 0 Å². The summed E-state index contributed by atoms with van der Waals surface area (Å²) in [6.45, 7) is 0. The fourth-order valence-corrected chi connectivity index (χ4v) is 1.41. The Hall–Kier alpha value is -2.09. The molecule has 0 atom stereocenters. The van der Waals surface area contributed by atoms with Gasteiger partial charge in [-0.25, -0.2) is 4.39 Å². The van der Waals surface area contributed by atoms with Gasteiger partial charge in [0.1, 0.15) is 11.6 Å². The Labute approximate surface area is 93.5 Å². The lowest BCUT2D eigenvalue weighted by Gasteiger charge is -1.98. The average Bonchev–Trinajstić information content (AvgIpc) is 2.32. The van der Waals surface area contributed by atoms with E-state index in [0.29, 0.717) is 5.56 Å². The van der Waals surface area contributed by atoms with Crippen molar-refractivity contribution in [3.8, 4) is 5.75 Å². The number of hydrogen-bond donors (Lipinski definition) is 1. The topological polar surface area (TPSA) is 20.2 Å². The van der Waals surface area contributed by atoms with Crippen molar-refractivity contribution < 1.29 is 9.50 Å². The maximum absolute atomic E-state index is 12.9. The highest BCUT2D eigenvalue weighted by atomic mass is 19.1. The summed E-state index contributed by atoms with van der Waals surface area (Å²) in [5.41, 5.74) is 1.48. The number of hydrogen-bond acceptors (Lipinski definition) is 1. The summed E-state index contributed by atoms with van der Waals surface area (Å²) in [4.78, 5) is 0. The van der Waals surface area contributed by atoms with Gasteiger partial charge in [-0.3, -0.25) is 0 Å². The molecule has 2 aromatic rings. The van der Waals surface area contributed by atoms with Crippen LogP contribution in [0.4, 0.5) is 4.39 Å².